The number of hydrogen-bond donors (Lipinski definition) is 2. The predicted molar refractivity (Wildman–Crippen MR) is 81.5 cm³/mol. The Morgan fingerprint density at radius 3 is 1.95 bits per heavy atom. The van der Waals surface area contributed by atoms with Crippen molar-refractivity contribution in [2.24, 2.45) is 17.7 Å². The molecule has 0 spiro atoms. The number of amides is 1. The first-order valence-electron chi connectivity index (χ1n) is 7.67. The minimum absolute atomic E-state index is 0.0593. The highest BCUT2D eigenvalue weighted by Gasteiger charge is 2.07. The van der Waals surface area contributed by atoms with Crippen LogP contribution in [0.5, 0.6) is 0 Å². The zero-order valence-electron chi connectivity index (χ0n) is 13.2. The molecule has 3 N–H and O–H groups in total. The smallest absolute Gasteiger partial charge is 0.233 e. The lowest BCUT2D eigenvalue weighted by Gasteiger charge is -2.24. The molecule has 0 aliphatic carbocycles. The van der Waals surface area contributed by atoms with Crippen molar-refractivity contribution in [2.45, 2.75) is 59.8 Å². The van der Waals surface area contributed by atoms with Crippen molar-refractivity contribution in [1.82, 2.24) is 10.3 Å². The Hall–Kier alpha value is -0.610. The number of rotatable bonds is 11. The van der Waals surface area contributed by atoms with Gasteiger partial charge in [0.05, 0.1) is 0 Å². The van der Waals surface area contributed by atoms with E-state index in [0.717, 1.165) is 31.2 Å². The zero-order valence-corrected chi connectivity index (χ0v) is 13.2. The van der Waals surface area contributed by atoms with Gasteiger partial charge in [0.25, 0.3) is 0 Å². The summed E-state index contributed by atoms with van der Waals surface area (Å²) in [5.74, 6) is 6.52. The summed E-state index contributed by atoms with van der Waals surface area (Å²) in [5, 5.41) is 0. The standard InChI is InChI=1S/C15H33N3O/c1-13(2)8-11-18(12-9-14(3)4)10-6-5-7-15(19)17-16/h13-14H,5-12,16H2,1-4H3,(H,17,19). The van der Waals surface area contributed by atoms with Crippen molar-refractivity contribution in [1.29, 1.82) is 0 Å². The van der Waals surface area contributed by atoms with E-state index in [2.05, 4.69) is 38.0 Å². The van der Waals surface area contributed by atoms with E-state index in [1.54, 1.807) is 0 Å². The van der Waals surface area contributed by atoms with E-state index in [9.17, 15) is 4.79 Å². The van der Waals surface area contributed by atoms with E-state index in [1.807, 2.05) is 0 Å². The van der Waals surface area contributed by atoms with Crippen LogP contribution < -0.4 is 11.3 Å². The Balaban J connectivity index is 3.86. The Kier molecular flexibility index (Phi) is 10.9. The van der Waals surface area contributed by atoms with E-state index >= 15 is 0 Å². The molecular weight excluding hydrogens is 238 g/mol. The summed E-state index contributed by atoms with van der Waals surface area (Å²) in [7, 11) is 0. The lowest BCUT2D eigenvalue weighted by atomic mass is 10.1. The zero-order chi connectivity index (χ0) is 14.7. The van der Waals surface area contributed by atoms with Gasteiger partial charge in [-0.25, -0.2) is 5.84 Å². The van der Waals surface area contributed by atoms with Crippen LogP contribution in [0.25, 0.3) is 0 Å². The molecule has 0 radical (unpaired) electrons. The summed E-state index contributed by atoms with van der Waals surface area (Å²) in [5.41, 5.74) is 2.18. The first-order valence-corrected chi connectivity index (χ1v) is 7.67. The van der Waals surface area contributed by atoms with Crippen LogP contribution in [0.1, 0.15) is 59.8 Å². The molecule has 0 heterocycles. The molecule has 19 heavy (non-hydrogen) atoms. The number of hydrazine groups is 1. The van der Waals surface area contributed by atoms with Gasteiger partial charge in [0, 0.05) is 6.42 Å². The molecule has 4 heteroatoms. The number of hydrogen-bond acceptors (Lipinski definition) is 3. The highest BCUT2D eigenvalue weighted by Crippen LogP contribution is 2.08. The molecule has 0 aromatic rings. The molecule has 1 amide bonds. The van der Waals surface area contributed by atoms with Gasteiger partial charge < -0.3 is 4.90 Å². The average molecular weight is 271 g/mol. The van der Waals surface area contributed by atoms with Gasteiger partial charge in [-0.05, 0) is 57.2 Å². The van der Waals surface area contributed by atoms with Gasteiger partial charge in [-0.2, -0.15) is 0 Å². The summed E-state index contributed by atoms with van der Waals surface area (Å²) in [6.45, 7) is 12.5. The van der Waals surface area contributed by atoms with Crippen LogP contribution in [0.4, 0.5) is 0 Å². The summed E-state index contributed by atoms with van der Waals surface area (Å²) in [4.78, 5) is 13.6. The highest BCUT2D eigenvalue weighted by molar-refractivity contribution is 5.75. The fourth-order valence-corrected chi connectivity index (χ4v) is 1.91. The van der Waals surface area contributed by atoms with Crippen molar-refractivity contribution < 1.29 is 4.79 Å². The van der Waals surface area contributed by atoms with E-state index < -0.39 is 0 Å². The van der Waals surface area contributed by atoms with Gasteiger partial charge in [0.1, 0.15) is 0 Å². The van der Waals surface area contributed by atoms with Crippen LogP contribution in [-0.2, 0) is 4.79 Å². The molecule has 0 fully saturated rings. The number of nitrogens with one attached hydrogen (secondary N) is 1. The quantitative estimate of drug-likeness (QED) is 0.263. The van der Waals surface area contributed by atoms with Crippen molar-refractivity contribution >= 4 is 5.91 Å². The SMILES string of the molecule is CC(C)CCN(CCCCC(=O)NN)CCC(C)C. The van der Waals surface area contributed by atoms with Crippen molar-refractivity contribution in [3.8, 4) is 0 Å². The molecule has 0 saturated carbocycles. The second-order valence-corrected chi connectivity index (χ2v) is 6.23. The molecule has 0 bridgehead atoms. The number of nitrogens with zero attached hydrogens (tertiary/aromatic N) is 1. The largest absolute Gasteiger partial charge is 0.303 e. The van der Waals surface area contributed by atoms with Crippen LogP contribution in [0, 0.1) is 11.8 Å². The lowest BCUT2D eigenvalue weighted by Crippen LogP contribution is -2.31. The molecular formula is C15H33N3O. The van der Waals surface area contributed by atoms with E-state index in [4.69, 9.17) is 5.84 Å². The van der Waals surface area contributed by atoms with Gasteiger partial charge in [0.15, 0.2) is 0 Å². The third-order valence-electron chi connectivity index (χ3n) is 3.33. The van der Waals surface area contributed by atoms with E-state index in [1.165, 1.54) is 25.9 Å². The topological polar surface area (TPSA) is 58.4 Å². The van der Waals surface area contributed by atoms with Crippen LogP contribution in [0.15, 0.2) is 0 Å². The Bertz CT molecular complexity index is 217. The first-order chi connectivity index (χ1) is 8.95. The third kappa shape index (κ3) is 12.2. The molecule has 0 atom stereocenters. The van der Waals surface area contributed by atoms with Gasteiger partial charge in [-0.3, -0.25) is 10.2 Å². The van der Waals surface area contributed by atoms with Crippen molar-refractivity contribution in [2.75, 3.05) is 19.6 Å². The number of carbonyl (C=O) groups is 1. The second kappa shape index (κ2) is 11.2. The molecule has 0 unspecified atom stereocenters. The first kappa shape index (κ1) is 18.4. The summed E-state index contributed by atoms with van der Waals surface area (Å²) in [6.07, 6.45) is 5.04. The maximum atomic E-state index is 11.0. The van der Waals surface area contributed by atoms with Gasteiger partial charge in [-0.15, -0.1) is 0 Å². The molecule has 4 nitrogen and oxygen atoms in total. The number of unbranched alkanes of at least 4 members (excludes halogenated alkanes) is 1. The van der Waals surface area contributed by atoms with Gasteiger partial charge in [0.2, 0.25) is 5.91 Å². The second-order valence-electron chi connectivity index (χ2n) is 6.23. The van der Waals surface area contributed by atoms with Crippen LogP contribution in [-0.4, -0.2) is 30.4 Å². The fourth-order valence-electron chi connectivity index (χ4n) is 1.91. The average Bonchev–Trinajstić information content (AvgIpc) is 2.35. The van der Waals surface area contributed by atoms with Gasteiger partial charge >= 0.3 is 0 Å². The molecule has 114 valence electrons. The maximum Gasteiger partial charge on any atom is 0.233 e. The van der Waals surface area contributed by atoms with Crippen LogP contribution in [0.2, 0.25) is 0 Å². The van der Waals surface area contributed by atoms with E-state index in [-0.39, 0.29) is 5.91 Å². The minimum Gasteiger partial charge on any atom is -0.303 e. The normalized spacial score (nSPS) is 11.6. The Labute approximate surface area is 119 Å². The molecule has 0 aliphatic heterocycles. The fraction of sp³-hybridized carbons (Fsp3) is 0.933. The summed E-state index contributed by atoms with van der Waals surface area (Å²) < 4.78 is 0. The van der Waals surface area contributed by atoms with Gasteiger partial charge in [-0.1, -0.05) is 27.7 Å². The maximum absolute atomic E-state index is 11.0. The Morgan fingerprint density at radius 1 is 1.00 bits per heavy atom. The van der Waals surface area contributed by atoms with E-state index in [0.29, 0.717) is 6.42 Å². The van der Waals surface area contributed by atoms with Crippen molar-refractivity contribution in [3.05, 3.63) is 0 Å². The highest BCUT2D eigenvalue weighted by atomic mass is 16.2. The minimum atomic E-state index is -0.0593. The van der Waals surface area contributed by atoms with Crippen LogP contribution >= 0.6 is 0 Å². The summed E-state index contributed by atoms with van der Waals surface area (Å²) >= 11 is 0. The van der Waals surface area contributed by atoms with Crippen molar-refractivity contribution in [3.63, 3.8) is 0 Å². The molecule has 0 saturated heterocycles. The predicted octanol–water partition coefficient (Wildman–Crippen LogP) is 2.54. The van der Waals surface area contributed by atoms with Crippen LogP contribution in [0.3, 0.4) is 0 Å². The third-order valence-corrected chi connectivity index (χ3v) is 3.33. The molecule has 0 aromatic heterocycles. The Morgan fingerprint density at radius 2 is 1.53 bits per heavy atom. The molecule has 0 aromatic carbocycles. The lowest BCUT2D eigenvalue weighted by molar-refractivity contribution is -0.121. The molecule has 0 rings (SSSR count). The number of nitrogens with two attached hydrogens (primary N) is 1. The monoisotopic (exact) mass is 271 g/mol. The number of carbonyl (C=O) groups excluding carboxylic acids is 1. The molecule has 0 aliphatic rings. The summed E-state index contributed by atoms with van der Waals surface area (Å²) in [6, 6.07) is 0.